The normalized spacial score (nSPS) is 11.0. The third kappa shape index (κ3) is 11.1. The van der Waals surface area contributed by atoms with Crippen molar-refractivity contribution >= 4 is 0 Å². The summed E-state index contributed by atoms with van der Waals surface area (Å²) in [7, 11) is 0. The van der Waals surface area contributed by atoms with Crippen LogP contribution in [0.1, 0.15) is 92.1 Å². The van der Waals surface area contributed by atoms with E-state index in [1.807, 2.05) is 13.8 Å². The number of benzene rings is 1. The largest absolute Gasteiger partial charge is 0.0683 e. The molecule has 1 unspecified atom stereocenters. The van der Waals surface area contributed by atoms with Crippen molar-refractivity contribution in [2.24, 2.45) is 5.92 Å². The minimum Gasteiger partial charge on any atom is -0.0683 e. The van der Waals surface area contributed by atoms with Crippen LogP contribution in [-0.4, -0.2) is 0 Å². The van der Waals surface area contributed by atoms with Gasteiger partial charge in [0.15, 0.2) is 0 Å². The van der Waals surface area contributed by atoms with Crippen molar-refractivity contribution in [3.63, 3.8) is 0 Å². The fourth-order valence-corrected chi connectivity index (χ4v) is 2.12. The maximum Gasteiger partial charge on any atom is -0.0193 e. The number of rotatable bonds is 6. The molecule has 1 rings (SSSR count). The van der Waals surface area contributed by atoms with Crippen LogP contribution in [0.5, 0.6) is 0 Å². The molecule has 118 valence electrons. The molecule has 20 heavy (non-hydrogen) atoms. The molecule has 1 atom stereocenters. The molecule has 0 fully saturated rings. The molecule has 1 aromatic rings. The van der Waals surface area contributed by atoms with Crippen molar-refractivity contribution in [2.75, 3.05) is 0 Å². The lowest BCUT2D eigenvalue weighted by Crippen LogP contribution is -1.94. The first kappa shape index (κ1) is 21.5. The topological polar surface area (TPSA) is 0 Å². The van der Waals surface area contributed by atoms with Crippen LogP contribution in [0.25, 0.3) is 0 Å². The number of hydrogen-bond donors (Lipinski definition) is 0. The van der Waals surface area contributed by atoms with Crippen molar-refractivity contribution in [3.05, 3.63) is 35.9 Å². The highest BCUT2D eigenvalue weighted by atomic mass is 14.0. The van der Waals surface area contributed by atoms with E-state index < -0.39 is 0 Å². The van der Waals surface area contributed by atoms with Crippen LogP contribution in [0.3, 0.4) is 0 Å². The summed E-state index contributed by atoms with van der Waals surface area (Å²) in [4.78, 5) is 0. The molecular weight excluding hydrogens is 240 g/mol. The molecule has 0 aliphatic carbocycles. The highest BCUT2D eigenvalue weighted by Gasteiger charge is 1.99. The minimum atomic E-state index is 0.709. The van der Waals surface area contributed by atoms with Gasteiger partial charge in [0.25, 0.3) is 0 Å². The minimum absolute atomic E-state index is 0.709. The van der Waals surface area contributed by atoms with Crippen LogP contribution >= 0.6 is 0 Å². The highest BCUT2D eigenvalue weighted by molar-refractivity contribution is 5.18. The van der Waals surface area contributed by atoms with Gasteiger partial charge >= 0.3 is 0 Å². The van der Waals surface area contributed by atoms with Gasteiger partial charge in [-0.25, -0.2) is 0 Å². The van der Waals surface area contributed by atoms with Crippen LogP contribution < -0.4 is 0 Å². The zero-order chi connectivity index (χ0) is 15.8. The predicted octanol–water partition coefficient (Wildman–Crippen LogP) is 7.45. The Morgan fingerprint density at radius 2 is 1.30 bits per heavy atom. The van der Waals surface area contributed by atoms with E-state index in [2.05, 4.69) is 65.0 Å². The van der Waals surface area contributed by atoms with E-state index in [4.69, 9.17) is 0 Å². The van der Waals surface area contributed by atoms with Gasteiger partial charge in [0, 0.05) is 0 Å². The summed E-state index contributed by atoms with van der Waals surface area (Å²) in [5.74, 6) is 1.71. The van der Waals surface area contributed by atoms with Gasteiger partial charge in [-0.15, -0.1) is 0 Å². The molecule has 0 nitrogen and oxygen atoms in total. The molecule has 0 radical (unpaired) electrons. The highest BCUT2D eigenvalue weighted by Crippen LogP contribution is 2.16. The van der Waals surface area contributed by atoms with Crippen molar-refractivity contribution in [2.45, 2.75) is 86.5 Å². The Morgan fingerprint density at radius 1 is 0.800 bits per heavy atom. The Hall–Kier alpha value is -0.780. The fourth-order valence-electron chi connectivity index (χ4n) is 2.12. The molecule has 0 aromatic heterocycles. The van der Waals surface area contributed by atoms with Crippen molar-refractivity contribution in [1.82, 2.24) is 0 Å². The monoisotopic (exact) mass is 278 g/mol. The van der Waals surface area contributed by atoms with Crippen molar-refractivity contribution in [1.29, 1.82) is 0 Å². The molecule has 0 spiro atoms. The zero-order valence-corrected chi connectivity index (χ0v) is 15.1. The van der Waals surface area contributed by atoms with E-state index in [1.165, 1.54) is 37.7 Å². The summed E-state index contributed by atoms with van der Waals surface area (Å²) < 4.78 is 0. The van der Waals surface area contributed by atoms with Crippen LogP contribution in [0.2, 0.25) is 0 Å². The Kier molecular flexibility index (Phi) is 17.5. The Bertz CT molecular complexity index is 259. The molecule has 0 bridgehead atoms. The fraction of sp³-hybridized carbons (Fsp3) is 0.700. The quantitative estimate of drug-likeness (QED) is 0.507. The van der Waals surface area contributed by atoms with E-state index in [9.17, 15) is 0 Å². The molecule has 0 aliphatic heterocycles. The van der Waals surface area contributed by atoms with Gasteiger partial charge in [-0.1, -0.05) is 104 Å². The molecule has 0 heteroatoms. The van der Waals surface area contributed by atoms with E-state index in [1.54, 1.807) is 0 Å². The predicted molar refractivity (Wildman–Crippen MR) is 95.5 cm³/mol. The van der Waals surface area contributed by atoms with E-state index in [-0.39, 0.29) is 0 Å². The summed E-state index contributed by atoms with van der Waals surface area (Å²) in [6, 6.07) is 10.6. The second kappa shape index (κ2) is 16.3. The third-order valence-electron chi connectivity index (χ3n) is 3.83. The first-order valence-corrected chi connectivity index (χ1v) is 8.74. The lowest BCUT2D eigenvalue weighted by Gasteiger charge is -2.08. The van der Waals surface area contributed by atoms with Crippen molar-refractivity contribution in [3.8, 4) is 0 Å². The first-order valence-electron chi connectivity index (χ1n) is 8.74. The summed E-state index contributed by atoms with van der Waals surface area (Å²) in [6.07, 6.45) is 6.73. The third-order valence-corrected chi connectivity index (χ3v) is 3.83. The molecular formula is C20H38. The van der Waals surface area contributed by atoms with Gasteiger partial charge in [0.05, 0.1) is 0 Å². The van der Waals surface area contributed by atoms with Gasteiger partial charge in [-0.05, 0) is 23.8 Å². The van der Waals surface area contributed by atoms with E-state index >= 15 is 0 Å². The molecule has 0 aliphatic rings. The molecule has 0 amide bonds. The average molecular weight is 279 g/mol. The molecule has 1 aromatic carbocycles. The Balaban J connectivity index is 0. The van der Waals surface area contributed by atoms with Crippen LogP contribution in [0.4, 0.5) is 0 Å². The van der Waals surface area contributed by atoms with Gasteiger partial charge in [-0.3, -0.25) is 0 Å². The van der Waals surface area contributed by atoms with Gasteiger partial charge in [0.2, 0.25) is 0 Å². The lowest BCUT2D eigenvalue weighted by molar-refractivity contribution is 0.451. The van der Waals surface area contributed by atoms with Crippen LogP contribution in [0, 0.1) is 5.92 Å². The summed E-state index contributed by atoms with van der Waals surface area (Å²) >= 11 is 0. The smallest absolute Gasteiger partial charge is 0.0193 e. The van der Waals surface area contributed by atoms with E-state index in [0.717, 1.165) is 5.92 Å². The molecule has 0 N–H and O–H groups in total. The SMILES string of the molecule is CC.CCC(C)c1ccccc1.CCCC(CC)CC. The molecule has 0 saturated heterocycles. The number of hydrogen-bond acceptors (Lipinski definition) is 0. The maximum atomic E-state index is 2.28. The van der Waals surface area contributed by atoms with Gasteiger partial charge in [-0.2, -0.15) is 0 Å². The van der Waals surface area contributed by atoms with Crippen LogP contribution in [-0.2, 0) is 0 Å². The Morgan fingerprint density at radius 3 is 1.60 bits per heavy atom. The zero-order valence-electron chi connectivity index (χ0n) is 15.1. The summed E-state index contributed by atoms with van der Waals surface area (Å²) in [5.41, 5.74) is 1.45. The second-order valence-corrected chi connectivity index (χ2v) is 5.19. The molecule has 0 heterocycles. The van der Waals surface area contributed by atoms with Gasteiger partial charge in [0.1, 0.15) is 0 Å². The van der Waals surface area contributed by atoms with E-state index in [0.29, 0.717) is 5.92 Å². The lowest BCUT2D eigenvalue weighted by atomic mass is 9.98. The summed E-state index contributed by atoms with van der Waals surface area (Å²) in [6.45, 7) is 15.3. The second-order valence-electron chi connectivity index (χ2n) is 5.19. The van der Waals surface area contributed by atoms with Crippen molar-refractivity contribution < 1.29 is 0 Å². The maximum absolute atomic E-state index is 2.28. The Labute approximate surface area is 129 Å². The van der Waals surface area contributed by atoms with Crippen LogP contribution in [0.15, 0.2) is 30.3 Å². The summed E-state index contributed by atoms with van der Waals surface area (Å²) in [5, 5.41) is 0. The standard InChI is InChI=1S/C10H14.C8H18.C2H6/c1-3-9(2)10-7-5-4-6-8-10;1-4-7-8(5-2)6-3;1-2/h4-9H,3H2,1-2H3;8H,4-7H2,1-3H3;1-2H3. The molecule has 0 saturated carbocycles. The first-order chi connectivity index (χ1) is 9.69. The average Bonchev–Trinajstić information content (AvgIpc) is 2.55. The van der Waals surface area contributed by atoms with Gasteiger partial charge < -0.3 is 0 Å².